The van der Waals surface area contributed by atoms with Gasteiger partial charge in [0, 0.05) is 16.2 Å². The quantitative estimate of drug-likeness (QED) is 0.192. The molecule has 0 aliphatic carbocycles. The van der Waals surface area contributed by atoms with E-state index in [0.717, 1.165) is 0 Å². The first-order chi connectivity index (χ1) is 32.2. The zero-order valence-corrected chi connectivity index (χ0v) is 21.4. The first-order valence-corrected chi connectivity index (χ1v) is 12.7. The second kappa shape index (κ2) is 9.44. The van der Waals surface area contributed by atoms with E-state index in [1.807, 2.05) is 0 Å². The molecule has 1 aromatic heterocycles. The van der Waals surface area contributed by atoms with Gasteiger partial charge in [-0.3, -0.25) is 0 Å². The Morgan fingerprint density at radius 1 is 0.349 bits per heavy atom. The predicted molar refractivity (Wildman–Crippen MR) is 183 cm³/mol. The van der Waals surface area contributed by atoms with Crippen LogP contribution in [0.3, 0.4) is 0 Å². The van der Waals surface area contributed by atoms with Crippen molar-refractivity contribution in [1.82, 2.24) is 0 Å². The minimum atomic E-state index is -1.05. The van der Waals surface area contributed by atoms with Gasteiger partial charge in [-0.05, 0) is 78.4 Å². The number of furan rings is 1. The minimum absolute atomic E-state index is 0.402. The van der Waals surface area contributed by atoms with Crippen LogP contribution in [0.1, 0.15) is 35.6 Å². The lowest BCUT2D eigenvalue weighted by atomic mass is 9.85. The molecule has 9 rings (SSSR count). The molecule has 8 aromatic carbocycles. The summed E-state index contributed by atoms with van der Waals surface area (Å²) >= 11 is 0. The van der Waals surface area contributed by atoms with Crippen molar-refractivity contribution in [2.75, 3.05) is 0 Å². The first-order valence-electron chi connectivity index (χ1n) is 25.7. The molecule has 0 saturated carbocycles. The SMILES string of the molecule is [2H]c1c([2H])c([2H])c(-c2c([2H])c([2H])c(-c3c4c([2H])c([2H])c([2H])c([2H])c4c(-c4c([2H])c([2H])c5oc6c7c([2H])c([2H])c([2H])c([2H])c7c([2H])c([2H])c6c5c4[2H])c4c([2H])c([2H])c([2H])c([2H])c34)c([2H])c2[2H])c([2H])c1[2H]. The zero-order chi connectivity index (χ0) is 51.0. The van der Waals surface area contributed by atoms with E-state index in [4.69, 9.17) is 27.7 Å². The van der Waals surface area contributed by atoms with E-state index in [0.29, 0.717) is 0 Å². The van der Waals surface area contributed by atoms with Crippen LogP contribution in [0.5, 0.6) is 0 Å². The highest BCUT2D eigenvalue weighted by Crippen LogP contribution is 2.45. The van der Waals surface area contributed by atoms with Crippen molar-refractivity contribution in [3.8, 4) is 33.4 Å². The second-order valence-corrected chi connectivity index (χ2v) is 9.26. The van der Waals surface area contributed by atoms with Crippen LogP contribution in [-0.4, -0.2) is 0 Å². The topological polar surface area (TPSA) is 13.1 Å². The van der Waals surface area contributed by atoms with Crippen molar-refractivity contribution in [2.45, 2.75) is 0 Å². The Hall–Kier alpha value is -5.66. The zero-order valence-electron chi connectivity index (χ0n) is 47.4. The molecule has 43 heavy (non-hydrogen) atoms. The fourth-order valence-corrected chi connectivity index (χ4v) is 5.10. The van der Waals surface area contributed by atoms with E-state index in [1.165, 1.54) is 0 Å². The highest BCUT2D eigenvalue weighted by Gasteiger charge is 2.18. The molecule has 0 spiro atoms. The molecule has 1 heterocycles. The molecule has 0 N–H and O–H groups in total. The van der Waals surface area contributed by atoms with Crippen LogP contribution >= 0.6 is 0 Å². The standard InChI is InChI=1S/C42H26O/c1-2-10-27(11-3-1)28-18-20-30(21-19-28)40-33-14-6-8-16-35(33)41(36-17-9-7-15-34(36)40)31-23-25-39-38(26-31)37-24-22-29-12-4-5-13-32(29)42(37)43-39/h1-26H/i1D,2D,3D,4D,5D,6D,7D,8D,9D,10D,11D,12D,13D,14D,15D,16D,17D,18D,19D,20D,21D,22D,23D,24D,25D,26D. The van der Waals surface area contributed by atoms with Crippen LogP contribution in [0.25, 0.3) is 87.6 Å². The molecule has 1 nitrogen and oxygen atoms in total. The number of rotatable bonds is 3. The van der Waals surface area contributed by atoms with Gasteiger partial charge in [-0.25, -0.2) is 0 Å². The lowest BCUT2D eigenvalue weighted by Crippen LogP contribution is -1.91. The molecule has 0 atom stereocenters. The van der Waals surface area contributed by atoms with Crippen molar-refractivity contribution in [3.05, 3.63) is 157 Å². The van der Waals surface area contributed by atoms with Crippen molar-refractivity contribution >= 4 is 54.3 Å². The average molecular weight is 573 g/mol. The summed E-state index contributed by atoms with van der Waals surface area (Å²) in [5.74, 6) is 0. The van der Waals surface area contributed by atoms with E-state index in [-0.39, 0.29) is 0 Å². The first kappa shape index (κ1) is 9.69. The van der Waals surface area contributed by atoms with Crippen molar-refractivity contribution in [1.29, 1.82) is 0 Å². The van der Waals surface area contributed by atoms with Crippen LogP contribution in [-0.2, 0) is 0 Å². The van der Waals surface area contributed by atoms with Crippen molar-refractivity contribution in [3.63, 3.8) is 0 Å². The van der Waals surface area contributed by atoms with Crippen LogP contribution < -0.4 is 0 Å². The second-order valence-electron chi connectivity index (χ2n) is 9.26. The molecule has 0 bridgehead atoms. The van der Waals surface area contributed by atoms with Gasteiger partial charge in [0.05, 0.1) is 35.6 Å². The lowest BCUT2D eigenvalue weighted by molar-refractivity contribution is 0.672. The Balaban J connectivity index is 1.56. The molecule has 9 aromatic rings. The Labute approximate surface area is 285 Å². The maximum absolute atomic E-state index is 9.76. The molecule has 0 aliphatic rings. The Bertz CT molecular complexity index is 3830. The smallest absolute Gasteiger partial charge is 0.143 e. The van der Waals surface area contributed by atoms with Gasteiger partial charge < -0.3 is 4.42 Å². The summed E-state index contributed by atoms with van der Waals surface area (Å²) in [6.07, 6.45) is 0. The highest BCUT2D eigenvalue weighted by atomic mass is 16.3. The highest BCUT2D eigenvalue weighted by molar-refractivity contribution is 6.22. The van der Waals surface area contributed by atoms with E-state index in [9.17, 15) is 12.3 Å². The number of fused-ring (bicyclic) bond motifs is 7. The number of hydrogen-bond acceptors (Lipinski definition) is 1. The number of benzene rings is 8. The monoisotopic (exact) mass is 572 g/mol. The molecule has 0 fully saturated rings. The predicted octanol–water partition coefficient (Wildman–Crippen LogP) is 12.0. The summed E-state index contributed by atoms with van der Waals surface area (Å²) in [7, 11) is 0. The van der Waals surface area contributed by atoms with Crippen LogP contribution in [0.15, 0.2) is 162 Å². The summed E-state index contributed by atoms with van der Waals surface area (Å²) in [5, 5.41) is -4.63. The molecule has 0 radical (unpaired) electrons. The van der Waals surface area contributed by atoms with Gasteiger partial charge in [0.1, 0.15) is 11.2 Å². The van der Waals surface area contributed by atoms with E-state index in [2.05, 4.69) is 0 Å². The Morgan fingerprint density at radius 3 is 1.53 bits per heavy atom. The maximum atomic E-state index is 9.76. The fourth-order valence-electron chi connectivity index (χ4n) is 5.10. The average Bonchev–Trinajstić information content (AvgIpc) is 3.73. The van der Waals surface area contributed by atoms with E-state index in [1.54, 1.807) is 0 Å². The third-order valence-corrected chi connectivity index (χ3v) is 6.94. The van der Waals surface area contributed by atoms with Crippen molar-refractivity contribution in [2.24, 2.45) is 0 Å². The van der Waals surface area contributed by atoms with Crippen LogP contribution in [0.2, 0.25) is 0 Å². The maximum Gasteiger partial charge on any atom is 0.143 e. The molecule has 0 amide bonds. The Kier molecular flexibility index (Phi) is 2.13. The van der Waals surface area contributed by atoms with Crippen molar-refractivity contribution < 1.29 is 40.1 Å². The van der Waals surface area contributed by atoms with Gasteiger partial charge in [-0.1, -0.05) is 139 Å². The molecule has 0 saturated heterocycles. The largest absolute Gasteiger partial charge is 0.455 e. The van der Waals surface area contributed by atoms with E-state index < -0.39 is 245 Å². The number of hydrogen-bond donors (Lipinski definition) is 0. The molecule has 0 aliphatic heterocycles. The van der Waals surface area contributed by atoms with Gasteiger partial charge in [0.15, 0.2) is 0 Å². The van der Waals surface area contributed by atoms with Crippen LogP contribution in [0.4, 0.5) is 0 Å². The summed E-state index contributed by atoms with van der Waals surface area (Å²) in [4.78, 5) is 0. The lowest BCUT2D eigenvalue weighted by Gasteiger charge is -2.18. The molecule has 200 valence electrons. The van der Waals surface area contributed by atoms with Crippen LogP contribution in [0, 0.1) is 0 Å². The minimum Gasteiger partial charge on any atom is -0.455 e. The molecular formula is C42H26O. The normalized spacial score (nSPS) is 20.2. The van der Waals surface area contributed by atoms with Gasteiger partial charge in [-0.15, -0.1) is 0 Å². The third-order valence-electron chi connectivity index (χ3n) is 6.94. The van der Waals surface area contributed by atoms with Gasteiger partial charge in [0.2, 0.25) is 0 Å². The summed E-state index contributed by atoms with van der Waals surface area (Å²) in [5.41, 5.74) is -5.54. The molecule has 1 heteroatoms. The Morgan fingerprint density at radius 2 is 0.860 bits per heavy atom. The molecular weight excluding hydrogens is 520 g/mol. The van der Waals surface area contributed by atoms with Gasteiger partial charge in [0.25, 0.3) is 0 Å². The van der Waals surface area contributed by atoms with Gasteiger partial charge in [-0.2, -0.15) is 0 Å². The summed E-state index contributed by atoms with van der Waals surface area (Å²) in [6, 6.07) is -23.3. The molecule has 0 unspecified atom stereocenters. The summed E-state index contributed by atoms with van der Waals surface area (Å²) < 4.78 is 237. The fraction of sp³-hybridized carbons (Fsp3) is 0. The summed E-state index contributed by atoms with van der Waals surface area (Å²) in [6.45, 7) is 0. The van der Waals surface area contributed by atoms with Gasteiger partial charge >= 0.3 is 0 Å². The third kappa shape index (κ3) is 3.72. The van der Waals surface area contributed by atoms with E-state index >= 15 is 0 Å².